The van der Waals surface area contributed by atoms with Gasteiger partial charge in [-0.05, 0) is 75.2 Å². The van der Waals surface area contributed by atoms with Crippen LogP contribution in [0.2, 0.25) is 0 Å². The number of ether oxygens (including phenoxy) is 2. The molecule has 41 heavy (non-hydrogen) atoms. The van der Waals surface area contributed by atoms with E-state index in [1.165, 1.54) is 29.0 Å². The van der Waals surface area contributed by atoms with Gasteiger partial charge in [0.25, 0.3) is 0 Å². The molecule has 2 amide bonds. The molecule has 1 aliphatic carbocycles. The van der Waals surface area contributed by atoms with Crippen LogP contribution in [-0.4, -0.2) is 73.1 Å². The lowest BCUT2D eigenvalue weighted by Crippen LogP contribution is -2.52. The second-order valence-corrected chi connectivity index (χ2v) is 11.0. The zero-order valence-electron chi connectivity index (χ0n) is 22.5. The number of anilines is 1. The lowest BCUT2D eigenvalue weighted by atomic mass is 9.65. The van der Waals surface area contributed by atoms with Crippen molar-refractivity contribution >= 4 is 38.7 Å². The number of methoxy groups -OCH3 is 2. The SMILES string of the molecule is COc1ccc(C23CCC(NC(=O)Nc4nc5ccc(F)cc5s4)CC2N(C)CC3)cc1OC.O=C(O)C(F)(F)F. The van der Waals surface area contributed by atoms with Crippen molar-refractivity contribution in [1.29, 1.82) is 0 Å². The summed E-state index contributed by atoms with van der Waals surface area (Å²) in [4.78, 5) is 28.4. The molecule has 0 bridgehead atoms. The van der Waals surface area contributed by atoms with Crippen LogP contribution in [0, 0.1) is 5.82 Å². The van der Waals surface area contributed by atoms with Gasteiger partial charge in [0, 0.05) is 17.5 Å². The molecule has 2 heterocycles. The van der Waals surface area contributed by atoms with E-state index in [-0.39, 0.29) is 23.3 Å². The minimum Gasteiger partial charge on any atom is -0.493 e. The molecule has 0 spiro atoms. The van der Waals surface area contributed by atoms with Gasteiger partial charge in [0.2, 0.25) is 0 Å². The molecule has 1 aliphatic heterocycles. The maximum absolute atomic E-state index is 13.5. The summed E-state index contributed by atoms with van der Waals surface area (Å²) in [7, 11) is 5.48. The summed E-state index contributed by atoms with van der Waals surface area (Å²) >= 11 is 1.27. The normalized spacial score (nSPS) is 22.3. The van der Waals surface area contributed by atoms with Gasteiger partial charge in [-0.25, -0.2) is 19.0 Å². The number of urea groups is 1. The Morgan fingerprint density at radius 1 is 1.12 bits per heavy atom. The highest BCUT2D eigenvalue weighted by atomic mass is 32.1. The molecule has 5 rings (SSSR count). The minimum atomic E-state index is -5.08. The largest absolute Gasteiger partial charge is 0.493 e. The lowest BCUT2D eigenvalue weighted by molar-refractivity contribution is -0.192. The second kappa shape index (κ2) is 12.1. The fraction of sp³-hybridized carbons (Fsp3) is 0.444. The third kappa shape index (κ3) is 6.64. The van der Waals surface area contributed by atoms with Crippen LogP contribution in [0.4, 0.5) is 27.5 Å². The van der Waals surface area contributed by atoms with E-state index < -0.39 is 12.1 Å². The summed E-state index contributed by atoms with van der Waals surface area (Å²) < 4.78 is 56.9. The van der Waals surface area contributed by atoms with Gasteiger partial charge in [0.05, 0.1) is 24.4 Å². The number of amides is 2. The first kappa shape index (κ1) is 30.3. The van der Waals surface area contributed by atoms with Gasteiger partial charge in [-0.3, -0.25) is 5.32 Å². The van der Waals surface area contributed by atoms with Crippen molar-refractivity contribution in [3.63, 3.8) is 0 Å². The van der Waals surface area contributed by atoms with E-state index in [1.54, 1.807) is 20.3 Å². The number of benzene rings is 2. The first-order chi connectivity index (χ1) is 19.4. The fourth-order valence-electron chi connectivity index (χ4n) is 5.67. The molecule has 3 aromatic rings. The van der Waals surface area contributed by atoms with E-state index in [4.69, 9.17) is 19.4 Å². The Balaban J connectivity index is 0.000000493. The Hall–Kier alpha value is -3.65. The molecule has 3 unspecified atom stereocenters. The highest BCUT2D eigenvalue weighted by molar-refractivity contribution is 7.22. The average Bonchev–Trinajstić information content (AvgIpc) is 3.48. The van der Waals surface area contributed by atoms with Gasteiger partial charge in [-0.1, -0.05) is 17.4 Å². The van der Waals surface area contributed by atoms with Gasteiger partial charge < -0.3 is 24.8 Å². The smallest absolute Gasteiger partial charge is 0.490 e. The molecule has 2 aliphatic rings. The van der Waals surface area contributed by atoms with Crippen LogP contribution in [0.1, 0.15) is 31.2 Å². The number of likely N-dealkylation sites (tertiary alicyclic amines) is 1. The van der Waals surface area contributed by atoms with Crippen molar-refractivity contribution in [2.75, 3.05) is 33.1 Å². The Bertz CT molecular complexity index is 1420. The monoisotopic (exact) mass is 598 g/mol. The highest BCUT2D eigenvalue weighted by Gasteiger charge is 2.50. The third-order valence-electron chi connectivity index (χ3n) is 7.63. The Morgan fingerprint density at radius 3 is 2.49 bits per heavy atom. The number of halogens is 4. The maximum atomic E-state index is 13.5. The van der Waals surface area contributed by atoms with Gasteiger partial charge in [-0.2, -0.15) is 13.2 Å². The Kier molecular flexibility index (Phi) is 8.92. The van der Waals surface area contributed by atoms with Crippen molar-refractivity contribution in [2.24, 2.45) is 0 Å². The van der Waals surface area contributed by atoms with Crippen molar-refractivity contribution in [3.8, 4) is 11.5 Å². The number of alkyl halides is 3. The molecule has 1 saturated carbocycles. The van der Waals surface area contributed by atoms with Gasteiger partial charge >= 0.3 is 18.2 Å². The fourth-order valence-corrected chi connectivity index (χ4v) is 6.55. The Labute approximate surface area is 237 Å². The van der Waals surface area contributed by atoms with Gasteiger partial charge in [-0.15, -0.1) is 0 Å². The number of aliphatic carboxylic acids is 1. The predicted octanol–water partition coefficient (Wildman–Crippen LogP) is 5.40. The third-order valence-corrected chi connectivity index (χ3v) is 8.57. The summed E-state index contributed by atoms with van der Waals surface area (Å²) in [5.41, 5.74) is 1.97. The molecule has 222 valence electrons. The zero-order valence-corrected chi connectivity index (χ0v) is 23.4. The lowest BCUT2D eigenvalue weighted by Gasteiger charge is -2.45. The first-order valence-corrected chi connectivity index (χ1v) is 13.5. The highest BCUT2D eigenvalue weighted by Crippen LogP contribution is 2.49. The molecule has 1 saturated heterocycles. The Morgan fingerprint density at radius 2 is 1.83 bits per heavy atom. The van der Waals surface area contributed by atoms with Crippen LogP contribution >= 0.6 is 11.3 Å². The van der Waals surface area contributed by atoms with E-state index in [0.717, 1.165) is 43.7 Å². The number of hydrogen-bond donors (Lipinski definition) is 3. The molecule has 2 aromatic carbocycles. The molecule has 14 heteroatoms. The van der Waals surface area contributed by atoms with Crippen molar-refractivity contribution in [2.45, 2.75) is 49.4 Å². The van der Waals surface area contributed by atoms with Crippen molar-refractivity contribution in [3.05, 3.63) is 47.8 Å². The summed E-state index contributed by atoms with van der Waals surface area (Å²) in [5.74, 6) is -1.59. The number of aromatic nitrogens is 1. The topological polar surface area (TPSA) is 113 Å². The molecule has 3 atom stereocenters. The number of nitrogens with zero attached hydrogens (tertiary/aromatic N) is 2. The van der Waals surface area contributed by atoms with Crippen LogP contribution in [0.15, 0.2) is 36.4 Å². The van der Waals surface area contributed by atoms with Crippen LogP contribution in [0.25, 0.3) is 10.2 Å². The molecule has 2 fully saturated rings. The number of carbonyl (C=O) groups excluding carboxylic acids is 1. The van der Waals surface area contributed by atoms with Crippen molar-refractivity contribution < 1.29 is 41.7 Å². The quantitative estimate of drug-likeness (QED) is 0.337. The summed E-state index contributed by atoms with van der Waals surface area (Å²) in [6.45, 7) is 1.01. The maximum Gasteiger partial charge on any atom is 0.490 e. The van der Waals surface area contributed by atoms with Crippen LogP contribution in [0.5, 0.6) is 11.5 Å². The summed E-state index contributed by atoms with van der Waals surface area (Å²) in [6, 6.07) is 10.8. The number of carboxylic acids is 1. The molecule has 9 nitrogen and oxygen atoms in total. The van der Waals surface area contributed by atoms with Crippen LogP contribution < -0.4 is 20.1 Å². The molecule has 0 radical (unpaired) electrons. The predicted molar refractivity (Wildman–Crippen MR) is 145 cm³/mol. The second-order valence-electron chi connectivity index (χ2n) is 9.98. The number of rotatable bonds is 5. The van der Waals surface area contributed by atoms with Crippen LogP contribution in [0.3, 0.4) is 0 Å². The number of hydrogen-bond acceptors (Lipinski definition) is 7. The van der Waals surface area contributed by atoms with E-state index in [9.17, 15) is 22.4 Å². The molecular formula is C27H30F4N4O5S. The van der Waals surface area contributed by atoms with Gasteiger partial charge in [0.15, 0.2) is 16.6 Å². The zero-order chi connectivity index (χ0) is 29.9. The molecule has 3 N–H and O–H groups in total. The van der Waals surface area contributed by atoms with E-state index in [1.807, 2.05) is 6.07 Å². The van der Waals surface area contributed by atoms with E-state index in [2.05, 4.69) is 39.7 Å². The minimum absolute atomic E-state index is 0.0278. The number of carboxylic acid groups (broad SMARTS) is 1. The molecule has 1 aromatic heterocycles. The number of nitrogens with one attached hydrogen (secondary N) is 2. The number of carbonyl (C=O) groups is 2. The summed E-state index contributed by atoms with van der Waals surface area (Å²) in [5, 5.41) is 13.6. The number of thiazole rings is 1. The summed E-state index contributed by atoms with van der Waals surface area (Å²) in [6.07, 6.45) is -1.28. The number of fused-ring (bicyclic) bond motifs is 2. The first-order valence-electron chi connectivity index (χ1n) is 12.7. The van der Waals surface area contributed by atoms with E-state index >= 15 is 0 Å². The van der Waals surface area contributed by atoms with Crippen molar-refractivity contribution in [1.82, 2.24) is 15.2 Å². The van der Waals surface area contributed by atoms with Gasteiger partial charge in [0.1, 0.15) is 5.82 Å². The van der Waals surface area contributed by atoms with E-state index in [0.29, 0.717) is 21.4 Å². The standard InChI is InChI=1S/C25H29FN4O3S.C2HF3O2/c1-30-11-10-25(15-4-7-19(32-2)20(12-15)33-3)9-8-17(14-22(25)30)27-23(31)29-24-28-18-6-5-16(26)13-21(18)34-24;3-2(4,5)1(6)7/h4-7,12-13,17,22H,8-11,14H2,1-3H3,(H2,27,28,29,31);(H,6,7). The molecular weight excluding hydrogens is 568 g/mol. The number of likely N-dealkylation sites (N-methyl/N-ethyl adjacent to an activating group) is 1. The van der Waals surface area contributed by atoms with Crippen LogP contribution in [-0.2, 0) is 10.2 Å². The average molecular weight is 599 g/mol.